The molecule has 13 heteroatoms. The number of guanidine groups is 1. The number of nitrogens with two attached hydrogens (primary N) is 1. The fraction of sp³-hybridized carbons (Fsp3) is 0.714. The van der Waals surface area contributed by atoms with Crippen LogP contribution in [-0.2, 0) is 13.9 Å². The van der Waals surface area contributed by atoms with E-state index >= 15 is 0 Å². The van der Waals surface area contributed by atoms with Gasteiger partial charge in [-0.3, -0.25) is 13.9 Å². The fourth-order valence-electron chi connectivity index (χ4n) is 1.17. The summed E-state index contributed by atoms with van der Waals surface area (Å²) in [6.45, 7) is -0.117. The zero-order chi connectivity index (χ0) is 16.0. The van der Waals surface area contributed by atoms with Gasteiger partial charge in [-0.1, -0.05) is 0 Å². The van der Waals surface area contributed by atoms with Gasteiger partial charge >= 0.3 is 21.2 Å². The highest BCUT2D eigenvalue weighted by atomic mass is 31.2. The first kappa shape index (κ1) is 19.0. The summed E-state index contributed by atoms with van der Waals surface area (Å²) in [7, 11) is -8.91. The predicted octanol–water partition coefficient (Wildman–Crippen LogP) is -1.26. The highest BCUT2D eigenvalue weighted by Gasteiger charge is 2.22. The molecule has 0 aliphatic carbocycles. The predicted molar refractivity (Wildman–Crippen MR) is 69.0 cm³/mol. The molecule has 0 bridgehead atoms. The molecule has 0 aliphatic rings. The summed E-state index contributed by atoms with van der Waals surface area (Å²) in [6.07, 6.45) is -1.94. The van der Waals surface area contributed by atoms with Crippen LogP contribution in [0.1, 0.15) is 12.8 Å². The van der Waals surface area contributed by atoms with Gasteiger partial charge in [-0.25, -0.2) is 4.99 Å². The van der Waals surface area contributed by atoms with Gasteiger partial charge in [0.15, 0.2) is 5.96 Å². The van der Waals surface area contributed by atoms with Gasteiger partial charge in [-0.2, -0.15) is 0 Å². The molecule has 0 aromatic heterocycles. The molecule has 0 saturated heterocycles. The number of carboxylic acids is 1. The normalized spacial score (nSPS) is 13.3. The van der Waals surface area contributed by atoms with E-state index in [1.54, 1.807) is 0 Å². The molecule has 0 atom stereocenters. The Morgan fingerprint density at radius 3 is 2.10 bits per heavy atom. The van der Waals surface area contributed by atoms with E-state index in [0.29, 0.717) is 0 Å². The smallest absolute Gasteiger partial charge is 0.346 e. The Morgan fingerprint density at radius 2 is 1.70 bits per heavy atom. The van der Waals surface area contributed by atoms with E-state index in [-0.39, 0.29) is 19.4 Å². The van der Waals surface area contributed by atoms with Crippen molar-refractivity contribution in [3.63, 3.8) is 0 Å². The summed E-state index contributed by atoms with van der Waals surface area (Å²) in [5.74, 6) is -1.56. The molecule has 0 fully saturated rings. The number of aliphatic carboxylic acids is 1. The molecular formula is C7H17N3O8P2. The van der Waals surface area contributed by atoms with Crippen molar-refractivity contribution < 1.29 is 38.6 Å². The van der Waals surface area contributed by atoms with Gasteiger partial charge in [-0.15, -0.1) is 0 Å². The molecule has 0 rings (SSSR count). The van der Waals surface area contributed by atoms with Crippen molar-refractivity contribution in [1.82, 2.24) is 4.90 Å². The van der Waals surface area contributed by atoms with Crippen LogP contribution in [0.5, 0.6) is 0 Å². The third-order valence-corrected chi connectivity index (χ3v) is 3.13. The fourth-order valence-corrected chi connectivity index (χ4v) is 2.23. The van der Waals surface area contributed by atoms with Crippen molar-refractivity contribution in [3.05, 3.63) is 0 Å². The Hall–Kier alpha value is -0.960. The van der Waals surface area contributed by atoms with E-state index in [0.717, 1.165) is 4.90 Å². The van der Waals surface area contributed by atoms with Crippen LogP contribution in [0.25, 0.3) is 0 Å². The topological polar surface area (TPSA) is 194 Å². The van der Waals surface area contributed by atoms with Crippen molar-refractivity contribution >= 4 is 27.1 Å². The highest BCUT2D eigenvalue weighted by Crippen LogP contribution is 2.36. The second-order valence-corrected chi connectivity index (χ2v) is 7.11. The summed E-state index contributed by atoms with van der Waals surface area (Å²) in [6, 6.07) is 0. The SMILES string of the molecule is NC(=NCP(=O)(O)O)N(CCCC(=O)O)CP(=O)(O)O. The van der Waals surface area contributed by atoms with E-state index in [4.69, 9.17) is 30.4 Å². The first-order chi connectivity index (χ1) is 8.91. The quantitative estimate of drug-likeness (QED) is 0.177. The lowest BCUT2D eigenvalue weighted by Gasteiger charge is -2.23. The van der Waals surface area contributed by atoms with Crippen LogP contribution in [0, 0.1) is 0 Å². The average molecular weight is 333 g/mol. The number of nitrogens with zero attached hydrogens (tertiary/aromatic N) is 2. The van der Waals surface area contributed by atoms with Gasteiger partial charge in [-0.05, 0) is 6.42 Å². The number of hydrogen-bond acceptors (Lipinski definition) is 4. The maximum atomic E-state index is 10.9. The first-order valence-corrected chi connectivity index (χ1v) is 8.86. The Bertz CT molecular complexity index is 455. The number of carboxylic acid groups (broad SMARTS) is 1. The molecule has 11 nitrogen and oxygen atoms in total. The summed E-state index contributed by atoms with van der Waals surface area (Å²) in [5, 5.41) is 8.47. The monoisotopic (exact) mass is 333 g/mol. The molecule has 0 aromatic carbocycles. The van der Waals surface area contributed by atoms with Gasteiger partial charge in [0.1, 0.15) is 12.6 Å². The third-order valence-electron chi connectivity index (χ3n) is 1.91. The van der Waals surface area contributed by atoms with Gasteiger partial charge in [0.05, 0.1) is 0 Å². The van der Waals surface area contributed by atoms with Crippen molar-refractivity contribution in [3.8, 4) is 0 Å². The lowest BCUT2D eigenvalue weighted by molar-refractivity contribution is -0.137. The summed E-state index contributed by atoms with van der Waals surface area (Å²) in [5.41, 5.74) is 5.39. The van der Waals surface area contributed by atoms with Gasteiger partial charge in [0.2, 0.25) is 0 Å². The summed E-state index contributed by atoms with van der Waals surface area (Å²) >= 11 is 0. The maximum Gasteiger partial charge on any atom is 0.346 e. The highest BCUT2D eigenvalue weighted by molar-refractivity contribution is 7.52. The van der Waals surface area contributed by atoms with Crippen molar-refractivity contribution in [2.45, 2.75) is 12.8 Å². The number of hydrogen-bond donors (Lipinski definition) is 6. The van der Waals surface area contributed by atoms with E-state index in [1.165, 1.54) is 0 Å². The molecule has 20 heavy (non-hydrogen) atoms. The molecule has 0 amide bonds. The van der Waals surface area contributed by atoms with E-state index in [2.05, 4.69) is 4.99 Å². The molecule has 0 aromatic rings. The molecular weight excluding hydrogens is 316 g/mol. The Morgan fingerprint density at radius 1 is 1.15 bits per heavy atom. The minimum Gasteiger partial charge on any atom is -0.481 e. The minimum atomic E-state index is -4.48. The van der Waals surface area contributed by atoms with Crippen LogP contribution in [0.15, 0.2) is 4.99 Å². The second-order valence-electron chi connectivity index (χ2n) is 3.89. The van der Waals surface area contributed by atoms with Gasteiger partial charge in [0.25, 0.3) is 0 Å². The molecule has 7 N–H and O–H groups in total. The molecule has 0 saturated carbocycles. The van der Waals surface area contributed by atoms with Crippen LogP contribution in [0.2, 0.25) is 0 Å². The number of rotatable bonds is 8. The van der Waals surface area contributed by atoms with Crippen molar-refractivity contribution in [2.24, 2.45) is 10.7 Å². The van der Waals surface area contributed by atoms with Crippen LogP contribution in [0.4, 0.5) is 0 Å². The van der Waals surface area contributed by atoms with Gasteiger partial charge in [0, 0.05) is 13.0 Å². The number of carbonyl (C=O) groups is 1. The zero-order valence-corrected chi connectivity index (χ0v) is 12.2. The molecule has 118 valence electrons. The Balaban J connectivity index is 4.78. The first-order valence-electron chi connectivity index (χ1n) is 5.26. The Labute approximate surface area is 114 Å². The van der Waals surface area contributed by atoms with Crippen molar-refractivity contribution in [1.29, 1.82) is 0 Å². The van der Waals surface area contributed by atoms with Crippen molar-refractivity contribution in [2.75, 3.05) is 19.1 Å². The summed E-state index contributed by atoms with van der Waals surface area (Å²) < 4.78 is 21.5. The molecule has 0 unspecified atom stereocenters. The summed E-state index contributed by atoms with van der Waals surface area (Å²) in [4.78, 5) is 49.6. The van der Waals surface area contributed by atoms with E-state index in [9.17, 15) is 13.9 Å². The van der Waals surface area contributed by atoms with Crippen LogP contribution in [-0.4, -0.2) is 60.6 Å². The minimum absolute atomic E-state index is 0.0431. The molecule has 0 aliphatic heterocycles. The van der Waals surface area contributed by atoms with Gasteiger partial charge < -0.3 is 35.3 Å². The molecule has 0 spiro atoms. The van der Waals surface area contributed by atoms with E-state index in [1.807, 2.05) is 0 Å². The second kappa shape index (κ2) is 7.72. The third kappa shape index (κ3) is 10.9. The lowest BCUT2D eigenvalue weighted by Crippen LogP contribution is -2.39. The Kier molecular flexibility index (Phi) is 7.35. The lowest BCUT2D eigenvalue weighted by atomic mass is 10.3. The van der Waals surface area contributed by atoms with E-state index < -0.39 is 39.7 Å². The zero-order valence-electron chi connectivity index (χ0n) is 10.4. The van der Waals surface area contributed by atoms with Crippen LogP contribution >= 0.6 is 15.2 Å². The van der Waals surface area contributed by atoms with Crippen LogP contribution < -0.4 is 5.73 Å². The van der Waals surface area contributed by atoms with Crippen LogP contribution in [0.3, 0.4) is 0 Å². The largest absolute Gasteiger partial charge is 0.481 e. The standard InChI is InChI=1S/C7H17N3O8P2/c8-7(9-4-19(13,14)15)10(5-20(16,17)18)3-1-2-6(11)12/h1-5H2,(H2,8,9)(H,11,12)(H2,13,14,15)(H2,16,17,18). The number of aliphatic imine (C=N–C) groups is 1. The molecule has 0 heterocycles. The maximum absolute atomic E-state index is 10.9. The molecule has 0 radical (unpaired) electrons. The average Bonchev–Trinajstić information content (AvgIpc) is 2.21.